The average Bonchev–Trinajstić information content (AvgIpc) is 3.50. The first kappa shape index (κ1) is 36.2. The molecule has 1 saturated carbocycles. The molecule has 0 bridgehead atoms. The number of imide groups is 2. The fourth-order valence-electron chi connectivity index (χ4n) is 8.19. The summed E-state index contributed by atoms with van der Waals surface area (Å²) in [6.45, 7) is -0.0634. The number of aliphatic hydroxyl groups is 1. The predicted octanol–water partition coefficient (Wildman–Crippen LogP) is 6.16. The number of nitrogens with zero attached hydrogens (tertiary/aromatic N) is 2. The lowest BCUT2D eigenvalue weighted by Gasteiger charge is -2.50. The van der Waals surface area contributed by atoms with E-state index in [0.29, 0.717) is 34.1 Å². The number of methoxy groups -OCH3 is 2. The maximum Gasteiger partial charge on any atom is 0.254 e. The standard InChI is InChI=1S/C39H35BrCl2N2O8/c1-50-27-13-16-31(51-2)24(19-27)6-3-22-4-9-25(10-5-22)44-34(46)29-15-14-28-30(32(29)35(44)47)20-38(41)36(48)43(21-40)37(49)39(38,42)33(28)23-7-11-26(12-8-23)52-18-17-45/h3-14,16,19,29-30,32-33,45H,15,17-18,20-21H2,1-2H3/t29-,30+,32-,33-,38+,39-/m0/s1. The van der Waals surface area contributed by atoms with Gasteiger partial charge in [0, 0.05) is 11.5 Å². The van der Waals surface area contributed by atoms with Crippen LogP contribution in [0.1, 0.15) is 35.4 Å². The van der Waals surface area contributed by atoms with E-state index in [4.69, 9.17) is 37.4 Å². The second kappa shape index (κ2) is 14.0. The van der Waals surface area contributed by atoms with Crippen LogP contribution in [0.3, 0.4) is 0 Å². The van der Waals surface area contributed by atoms with Crippen LogP contribution in [-0.2, 0) is 19.2 Å². The molecule has 13 heteroatoms. The Balaban J connectivity index is 1.21. The first-order valence-electron chi connectivity index (χ1n) is 16.7. The number of anilines is 1. The number of aliphatic hydroxyl groups excluding tert-OH is 1. The van der Waals surface area contributed by atoms with Crippen molar-refractivity contribution in [3.8, 4) is 17.2 Å². The minimum atomic E-state index is -1.90. The van der Waals surface area contributed by atoms with Crippen molar-refractivity contribution in [3.63, 3.8) is 0 Å². The fraction of sp³-hybridized carbons (Fsp3) is 0.333. The maximum absolute atomic E-state index is 14.4. The number of amides is 4. The van der Waals surface area contributed by atoms with Crippen LogP contribution in [0.15, 0.2) is 78.4 Å². The van der Waals surface area contributed by atoms with Crippen molar-refractivity contribution >= 4 is 80.6 Å². The van der Waals surface area contributed by atoms with Crippen LogP contribution in [0, 0.1) is 17.8 Å². The number of halogens is 3. The topological polar surface area (TPSA) is 123 Å². The van der Waals surface area contributed by atoms with Gasteiger partial charge in [-0.1, -0.05) is 64.0 Å². The molecule has 3 aromatic carbocycles. The van der Waals surface area contributed by atoms with E-state index >= 15 is 0 Å². The van der Waals surface area contributed by atoms with Crippen LogP contribution < -0.4 is 19.1 Å². The maximum atomic E-state index is 14.4. The van der Waals surface area contributed by atoms with Gasteiger partial charge < -0.3 is 19.3 Å². The number of carbonyl (C=O) groups is 4. The monoisotopic (exact) mass is 808 g/mol. The van der Waals surface area contributed by atoms with Crippen molar-refractivity contribution < 1.29 is 38.5 Å². The lowest BCUT2D eigenvalue weighted by atomic mass is 9.56. The smallest absolute Gasteiger partial charge is 0.254 e. The van der Waals surface area contributed by atoms with Crippen LogP contribution in [0.2, 0.25) is 0 Å². The summed E-state index contributed by atoms with van der Waals surface area (Å²) in [5, 5.41) is 9.19. The number of allylic oxidation sites excluding steroid dienone is 2. The Morgan fingerprint density at radius 2 is 1.60 bits per heavy atom. The Kier molecular flexibility index (Phi) is 9.75. The third-order valence-electron chi connectivity index (χ3n) is 10.6. The van der Waals surface area contributed by atoms with Crippen LogP contribution >= 0.6 is 39.1 Å². The van der Waals surface area contributed by atoms with E-state index in [-0.39, 0.29) is 37.4 Å². The number of carbonyl (C=O) groups excluding carboxylic acids is 4. The summed E-state index contributed by atoms with van der Waals surface area (Å²) in [6.07, 6.45) is 5.84. The van der Waals surface area contributed by atoms with Crippen LogP contribution in [-0.4, -0.2) is 76.3 Å². The highest BCUT2D eigenvalue weighted by Gasteiger charge is 2.76. The van der Waals surface area contributed by atoms with E-state index in [9.17, 15) is 24.3 Å². The summed E-state index contributed by atoms with van der Waals surface area (Å²) in [4.78, 5) is 54.8. The number of fused-ring (bicyclic) bond motifs is 4. The van der Waals surface area contributed by atoms with Gasteiger partial charge in [0.05, 0.1) is 43.8 Å². The number of hydrogen-bond acceptors (Lipinski definition) is 8. The molecule has 3 fully saturated rings. The van der Waals surface area contributed by atoms with E-state index in [2.05, 4.69) is 15.9 Å². The molecule has 10 nitrogen and oxygen atoms in total. The second-order valence-corrected chi connectivity index (χ2v) is 14.9. The molecule has 4 aliphatic rings. The second-order valence-electron chi connectivity index (χ2n) is 13.2. The molecule has 2 saturated heterocycles. The lowest BCUT2D eigenvalue weighted by Crippen LogP contribution is -2.60. The van der Waals surface area contributed by atoms with Crippen molar-refractivity contribution in [2.24, 2.45) is 17.8 Å². The molecule has 2 aliphatic carbocycles. The van der Waals surface area contributed by atoms with E-state index in [1.807, 2.05) is 48.6 Å². The first-order chi connectivity index (χ1) is 25.0. The average molecular weight is 811 g/mol. The summed E-state index contributed by atoms with van der Waals surface area (Å²) < 4.78 is 16.4. The fourth-order valence-corrected chi connectivity index (χ4v) is 9.62. The van der Waals surface area contributed by atoms with Gasteiger partial charge in [0.2, 0.25) is 11.8 Å². The molecule has 4 amide bonds. The SMILES string of the molecule is COc1ccc(OC)c(C=Cc2ccc(N3C(=O)[C@H]4[C@H](CC=C5[C@H]4C[C@@]4(Cl)C(=O)N(CBr)C(=O)[C@@]4(Cl)[C@H]5c4ccc(OCCO)cc4)C3=O)cc2)c1. The highest BCUT2D eigenvalue weighted by Crippen LogP contribution is 2.65. The number of ether oxygens (including phenoxy) is 3. The zero-order chi connectivity index (χ0) is 36.9. The number of alkyl halides is 3. The number of rotatable bonds is 10. The molecule has 52 heavy (non-hydrogen) atoms. The molecule has 2 aliphatic heterocycles. The Bertz CT molecular complexity index is 2000. The largest absolute Gasteiger partial charge is 0.497 e. The summed E-state index contributed by atoms with van der Waals surface area (Å²) in [5.74, 6) is -3.18. The number of likely N-dealkylation sites (tertiary alicyclic amines) is 1. The molecule has 0 spiro atoms. The van der Waals surface area contributed by atoms with Crippen LogP contribution in [0.4, 0.5) is 5.69 Å². The molecule has 1 N–H and O–H groups in total. The minimum Gasteiger partial charge on any atom is -0.497 e. The van der Waals surface area contributed by atoms with Gasteiger partial charge in [-0.15, -0.1) is 23.2 Å². The normalized spacial score (nSPS) is 28.2. The Labute approximate surface area is 319 Å². The lowest BCUT2D eigenvalue weighted by molar-refractivity contribution is -0.138. The highest BCUT2D eigenvalue weighted by atomic mass is 79.9. The quantitative estimate of drug-likeness (QED) is 0.0850. The molecule has 3 aromatic rings. The number of benzene rings is 3. The molecular weight excluding hydrogens is 775 g/mol. The van der Waals surface area contributed by atoms with Gasteiger partial charge in [-0.3, -0.25) is 29.0 Å². The molecule has 0 aromatic heterocycles. The van der Waals surface area contributed by atoms with Crippen molar-refractivity contribution in [2.75, 3.05) is 37.8 Å². The van der Waals surface area contributed by atoms with E-state index in [1.165, 1.54) is 4.90 Å². The zero-order valence-corrected chi connectivity index (χ0v) is 31.4. The predicted molar refractivity (Wildman–Crippen MR) is 200 cm³/mol. The van der Waals surface area contributed by atoms with E-state index < -0.39 is 51.1 Å². The van der Waals surface area contributed by atoms with Crippen molar-refractivity contribution in [2.45, 2.75) is 28.5 Å². The minimum absolute atomic E-state index is 0.0983. The highest BCUT2D eigenvalue weighted by molar-refractivity contribution is 9.09. The zero-order valence-electron chi connectivity index (χ0n) is 28.3. The molecule has 6 atom stereocenters. The van der Waals surface area contributed by atoms with Crippen LogP contribution in [0.25, 0.3) is 12.2 Å². The van der Waals surface area contributed by atoms with Crippen molar-refractivity contribution in [1.82, 2.24) is 4.90 Å². The summed E-state index contributed by atoms with van der Waals surface area (Å²) in [6, 6.07) is 19.5. The van der Waals surface area contributed by atoms with Gasteiger partial charge in [-0.25, -0.2) is 0 Å². The van der Waals surface area contributed by atoms with Gasteiger partial charge in [0.25, 0.3) is 11.8 Å². The number of hydrogen-bond donors (Lipinski definition) is 1. The summed E-state index contributed by atoms with van der Waals surface area (Å²) in [5.41, 5.74) is 3.28. The summed E-state index contributed by atoms with van der Waals surface area (Å²) in [7, 11) is 3.19. The first-order valence-corrected chi connectivity index (χ1v) is 18.6. The summed E-state index contributed by atoms with van der Waals surface area (Å²) >= 11 is 17.9. The molecule has 0 radical (unpaired) electrons. The molecule has 270 valence electrons. The Morgan fingerprint density at radius 3 is 2.25 bits per heavy atom. The van der Waals surface area contributed by atoms with Gasteiger partial charge in [-0.2, -0.15) is 0 Å². The third-order valence-corrected chi connectivity index (χ3v) is 12.5. The molecule has 0 unspecified atom stereocenters. The van der Waals surface area contributed by atoms with Gasteiger partial charge in [0.15, 0.2) is 9.75 Å². The van der Waals surface area contributed by atoms with Crippen LogP contribution in [0.5, 0.6) is 17.2 Å². The third kappa shape index (κ3) is 5.55. The van der Waals surface area contributed by atoms with Gasteiger partial charge >= 0.3 is 0 Å². The van der Waals surface area contributed by atoms with Gasteiger partial charge in [0.1, 0.15) is 23.9 Å². The van der Waals surface area contributed by atoms with Crippen molar-refractivity contribution in [3.05, 3.63) is 95.1 Å². The molecule has 2 heterocycles. The van der Waals surface area contributed by atoms with Gasteiger partial charge in [-0.05, 0) is 72.4 Å². The Hall–Kier alpha value is -4.16. The van der Waals surface area contributed by atoms with E-state index in [0.717, 1.165) is 16.0 Å². The molecule has 7 rings (SSSR count). The Morgan fingerprint density at radius 1 is 0.885 bits per heavy atom. The van der Waals surface area contributed by atoms with E-state index in [1.54, 1.807) is 50.6 Å². The van der Waals surface area contributed by atoms with Crippen molar-refractivity contribution in [1.29, 1.82) is 0 Å². The molecular formula is C39H35BrCl2N2O8.